The van der Waals surface area contributed by atoms with E-state index < -0.39 is 29.6 Å². The van der Waals surface area contributed by atoms with Crippen LogP contribution in [0.3, 0.4) is 0 Å². The molecule has 0 radical (unpaired) electrons. The molecule has 1 N–H and O–H groups in total. The number of carbonyl (C=O) groups excluding carboxylic acids is 3. The summed E-state index contributed by atoms with van der Waals surface area (Å²) in [5.74, 6) is -0.767. The number of alkyl carbamates (subject to hydrolysis) is 1. The molecule has 1 aromatic carbocycles. The van der Waals surface area contributed by atoms with E-state index in [0.29, 0.717) is 18.0 Å². The van der Waals surface area contributed by atoms with Gasteiger partial charge >= 0.3 is 12.1 Å². The van der Waals surface area contributed by atoms with Gasteiger partial charge in [-0.05, 0) is 27.2 Å². The summed E-state index contributed by atoms with van der Waals surface area (Å²) in [6.07, 6.45) is 1.18. The van der Waals surface area contributed by atoms with E-state index in [4.69, 9.17) is 13.9 Å². The molecule has 9 heteroatoms. The van der Waals surface area contributed by atoms with Gasteiger partial charge in [-0.3, -0.25) is 4.79 Å². The van der Waals surface area contributed by atoms with Gasteiger partial charge in [0.25, 0.3) is 0 Å². The maximum Gasteiger partial charge on any atom is 0.408 e. The second-order valence-corrected chi connectivity index (χ2v) is 8.31. The number of amides is 2. The Kier molecular flexibility index (Phi) is 6.62. The summed E-state index contributed by atoms with van der Waals surface area (Å²) in [5, 5.41) is 2.43. The summed E-state index contributed by atoms with van der Waals surface area (Å²) < 4.78 is 15.7. The lowest BCUT2D eigenvalue weighted by Crippen LogP contribution is -2.46. The van der Waals surface area contributed by atoms with E-state index in [0.717, 1.165) is 5.56 Å². The second kappa shape index (κ2) is 9.20. The molecule has 0 aliphatic carbocycles. The molecule has 1 fully saturated rings. The van der Waals surface area contributed by atoms with Gasteiger partial charge in [0.15, 0.2) is 5.89 Å². The number of esters is 1. The molecule has 3 rings (SSSR count). The van der Waals surface area contributed by atoms with Crippen LogP contribution < -0.4 is 5.32 Å². The number of methoxy groups -OCH3 is 1. The summed E-state index contributed by atoms with van der Waals surface area (Å²) in [6.45, 7) is 5.12. The highest BCUT2D eigenvalue weighted by molar-refractivity contribution is 5.88. The Morgan fingerprint density at radius 1 is 1.23 bits per heavy atom. The number of nitrogens with zero attached hydrogens (tertiary/aromatic N) is 2. The van der Waals surface area contributed by atoms with E-state index in [1.54, 1.807) is 27.0 Å². The van der Waals surface area contributed by atoms with Crippen molar-refractivity contribution in [2.24, 2.45) is 0 Å². The highest BCUT2D eigenvalue weighted by Crippen LogP contribution is 2.33. The quantitative estimate of drug-likeness (QED) is 0.728. The number of aromatic nitrogens is 1. The molecular formula is C22H27N3O6. The maximum atomic E-state index is 12.7. The van der Waals surface area contributed by atoms with Gasteiger partial charge in [0.2, 0.25) is 5.91 Å². The number of carbonyl (C=O) groups is 3. The van der Waals surface area contributed by atoms with Crippen LogP contribution in [0.4, 0.5) is 4.79 Å². The van der Waals surface area contributed by atoms with E-state index in [1.807, 2.05) is 30.3 Å². The van der Waals surface area contributed by atoms with Gasteiger partial charge in [-0.15, -0.1) is 0 Å². The Bertz CT molecular complexity index is 934. The van der Waals surface area contributed by atoms with Gasteiger partial charge in [0, 0.05) is 12.1 Å². The third kappa shape index (κ3) is 5.62. The molecule has 2 atom stereocenters. The van der Waals surface area contributed by atoms with Crippen molar-refractivity contribution >= 4 is 18.0 Å². The van der Waals surface area contributed by atoms with Crippen LogP contribution in [0.1, 0.15) is 39.0 Å². The molecule has 2 aromatic rings. The lowest BCUT2D eigenvalue weighted by molar-refractivity contribution is -0.150. The molecule has 1 aliphatic heterocycles. The Morgan fingerprint density at radius 2 is 1.94 bits per heavy atom. The zero-order valence-electron chi connectivity index (χ0n) is 18.1. The van der Waals surface area contributed by atoms with Crippen molar-refractivity contribution in [2.75, 3.05) is 20.2 Å². The first-order valence-electron chi connectivity index (χ1n) is 10.0. The average Bonchev–Trinajstić information content (AvgIpc) is 3.38. The van der Waals surface area contributed by atoms with Crippen LogP contribution in [0.25, 0.3) is 11.3 Å². The Balaban J connectivity index is 1.69. The topological polar surface area (TPSA) is 111 Å². The third-order valence-corrected chi connectivity index (χ3v) is 4.82. The average molecular weight is 429 g/mol. The predicted molar refractivity (Wildman–Crippen MR) is 111 cm³/mol. The molecule has 166 valence electrons. The van der Waals surface area contributed by atoms with Crippen molar-refractivity contribution < 1.29 is 28.3 Å². The number of oxazole rings is 1. The minimum atomic E-state index is -0.782. The number of hydrogen-bond donors (Lipinski definition) is 1. The maximum absolute atomic E-state index is 12.7. The fraction of sp³-hybridized carbons (Fsp3) is 0.455. The summed E-state index contributed by atoms with van der Waals surface area (Å²) in [5.41, 5.74) is 0.915. The van der Waals surface area contributed by atoms with E-state index >= 15 is 0 Å². The number of ether oxygens (including phenoxy) is 2. The fourth-order valence-corrected chi connectivity index (χ4v) is 3.43. The van der Waals surface area contributed by atoms with Crippen LogP contribution in [0.15, 0.2) is 41.0 Å². The minimum absolute atomic E-state index is 0.226. The number of hydrogen-bond acceptors (Lipinski definition) is 7. The molecule has 0 saturated carbocycles. The zero-order chi connectivity index (χ0) is 22.6. The number of benzene rings is 1. The van der Waals surface area contributed by atoms with Crippen molar-refractivity contribution in [3.05, 3.63) is 42.5 Å². The summed E-state index contributed by atoms with van der Waals surface area (Å²) in [7, 11) is 1.27. The number of likely N-dealkylation sites (tertiary alicyclic amines) is 1. The van der Waals surface area contributed by atoms with E-state index in [9.17, 15) is 14.4 Å². The molecule has 2 amide bonds. The van der Waals surface area contributed by atoms with Crippen molar-refractivity contribution in [2.45, 2.75) is 44.8 Å². The standard InChI is InChI=1S/C22H27N3O6/c1-22(2,3)31-21(28)23-11-18(26)25-12-15(10-17(25)20(27)29-4)19-24-16(13-30-19)14-8-6-5-7-9-14/h5-9,13,15,17H,10-12H2,1-4H3,(H,23,28)/t15-,17+/m1/s1. The lowest BCUT2D eigenvalue weighted by Gasteiger charge is -2.23. The molecule has 0 spiro atoms. The van der Waals surface area contributed by atoms with Gasteiger partial charge in [0.05, 0.1) is 13.0 Å². The number of nitrogens with one attached hydrogen (secondary N) is 1. The Labute approximate surface area is 180 Å². The van der Waals surface area contributed by atoms with Crippen LogP contribution in [0.2, 0.25) is 0 Å². The van der Waals surface area contributed by atoms with E-state index in [1.165, 1.54) is 12.0 Å². The van der Waals surface area contributed by atoms with Crippen molar-refractivity contribution in [3.63, 3.8) is 0 Å². The third-order valence-electron chi connectivity index (χ3n) is 4.82. The summed E-state index contributed by atoms with van der Waals surface area (Å²) in [6, 6.07) is 8.79. The minimum Gasteiger partial charge on any atom is -0.467 e. The molecular weight excluding hydrogens is 402 g/mol. The first-order valence-corrected chi connectivity index (χ1v) is 10.0. The monoisotopic (exact) mass is 429 g/mol. The van der Waals surface area contributed by atoms with Gasteiger partial charge in [-0.2, -0.15) is 0 Å². The second-order valence-electron chi connectivity index (χ2n) is 8.31. The molecule has 1 saturated heterocycles. The highest BCUT2D eigenvalue weighted by atomic mass is 16.6. The van der Waals surface area contributed by atoms with Crippen molar-refractivity contribution in [1.29, 1.82) is 0 Å². The molecule has 2 heterocycles. The van der Waals surface area contributed by atoms with Crippen LogP contribution in [0, 0.1) is 0 Å². The first kappa shape index (κ1) is 22.3. The highest BCUT2D eigenvalue weighted by Gasteiger charge is 2.42. The molecule has 1 aromatic heterocycles. The van der Waals surface area contributed by atoms with Crippen molar-refractivity contribution in [3.8, 4) is 11.3 Å². The van der Waals surface area contributed by atoms with Gasteiger partial charge in [0.1, 0.15) is 30.1 Å². The van der Waals surface area contributed by atoms with Crippen LogP contribution in [-0.4, -0.2) is 59.7 Å². The largest absolute Gasteiger partial charge is 0.467 e. The van der Waals surface area contributed by atoms with Gasteiger partial charge in [-0.25, -0.2) is 14.6 Å². The number of rotatable bonds is 5. The SMILES string of the molecule is COC(=O)[C@@H]1C[C@@H](c2nc(-c3ccccc3)co2)CN1C(=O)CNC(=O)OC(C)(C)C. The van der Waals surface area contributed by atoms with Crippen LogP contribution >= 0.6 is 0 Å². The van der Waals surface area contributed by atoms with Crippen LogP contribution in [-0.2, 0) is 19.1 Å². The molecule has 0 unspecified atom stereocenters. The Hall–Kier alpha value is -3.36. The lowest BCUT2D eigenvalue weighted by atomic mass is 10.1. The van der Waals surface area contributed by atoms with E-state index in [2.05, 4.69) is 10.3 Å². The van der Waals surface area contributed by atoms with Crippen molar-refractivity contribution in [1.82, 2.24) is 15.2 Å². The normalized spacial score (nSPS) is 18.5. The van der Waals surface area contributed by atoms with Crippen LogP contribution in [0.5, 0.6) is 0 Å². The zero-order valence-corrected chi connectivity index (χ0v) is 18.1. The molecule has 0 bridgehead atoms. The predicted octanol–water partition coefficient (Wildman–Crippen LogP) is 2.72. The summed E-state index contributed by atoms with van der Waals surface area (Å²) >= 11 is 0. The van der Waals surface area contributed by atoms with E-state index in [-0.39, 0.29) is 19.0 Å². The fourth-order valence-electron chi connectivity index (χ4n) is 3.43. The molecule has 31 heavy (non-hydrogen) atoms. The Morgan fingerprint density at radius 3 is 2.58 bits per heavy atom. The van der Waals surface area contributed by atoms with Gasteiger partial charge < -0.3 is 24.1 Å². The molecule has 1 aliphatic rings. The smallest absolute Gasteiger partial charge is 0.408 e. The molecule has 9 nitrogen and oxygen atoms in total. The van der Waals surface area contributed by atoms with Gasteiger partial charge in [-0.1, -0.05) is 30.3 Å². The summed E-state index contributed by atoms with van der Waals surface area (Å²) in [4.78, 5) is 42.8. The first-order chi connectivity index (χ1) is 14.7.